The zero-order chi connectivity index (χ0) is 14.7. The molecule has 2 aliphatic rings. The zero-order valence-corrected chi connectivity index (χ0v) is 13.0. The molecule has 1 aliphatic carbocycles. The standard InChI is InChI=1S/C16H21N3OS/c17-6-1-2-14-5-11-21-15(14)16(20)19-9-7-18(8-10-19)12-13-3-4-13/h5,11,13H,3-4,6-10,12,17H2. The smallest absolute Gasteiger partial charge is 0.265 e. The molecule has 0 radical (unpaired) electrons. The fraction of sp³-hybridized carbons (Fsp3) is 0.562. The summed E-state index contributed by atoms with van der Waals surface area (Å²) in [6.07, 6.45) is 2.77. The van der Waals surface area contributed by atoms with Crippen LogP contribution in [0.25, 0.3) is 0 Å². The zero-order valence-electron chi connectivity index (χ0n) is 12.2. The SMILES string of the molecule is NCC#Cc1ccsc1C(=O)N1CCN(CC2CC2)CC1. The largest absolute Gasteiger partial charge is 0.335 e. The lowest BCUT2D eigenvalue weighted by Crippen LogP contribution is -2.49. The maximum absolute atomic E-state index is 12.6. The molecule has 1 aromatic heterocycles. The Balaban J connectivity index is 1.59. The van der Waals surface area contributed by atoms with Gasteiger partial charge in [0, 0.05) is 38.3 Å². The summed E-state index contributed by atoms with van der Waals surface area (Å²) >= 11 is 1.48. The van der Waals surface area contributed by atoms with Crippen LogP contribution < -0.4 is 5.73 Å². The molecule has 5 heteroatoms. The molecule has 0 aromatic carbocycles. The normalized spacial score (nSPS) is 19.2. The summed E-state index contributed by atoms with van der Waals surface area (Å²) in [6, 6.07) is 1.91. The van der Waals surface area contributed by atoms with Gasteiger partial charge in [-0.2, -0.15) is 0 Å². The molecule has 112 valence electrons. The predicted octanol–water partition coefficient (Wildman–Crippen LogP) is 1.23. The van der Waals surface area contributed by atoms with Crippen LogP contribution in [-0.2, 0) is 0 Å². The van der Waals surface area contributed by atoms with Crippen molar-refractivity contribution < 1.29 is 4.79 Å². The molecule has 2 fully saturated rings. The molecule has 21 heavy (non-hydrogen) atoms. The van der Waals surface area contributed by atoms with Crippen LogP contribution in [0.5, 0.6) is 0 Å². The van der Waals surface area contributed by atoms with Crippen molar-refractivity contribution in [1.82, 2.24) is 9.80 Å². The minimum atomic E-state index is 0.123. The van der Waals surface area contributed by atoms with Crippen LogP contribution in [0, 0.1) is 17.8 Å². The lowest BCUT2D eigenvalue weighted by Gasteiger charge is -2.34. The summed E-state index contributed by atoms with van der Waals surface area (Å²) in [7, 11) is 0. The van der Waals surface area contributed by atoms with Gasteiger partial charge in [0.25, 0.3) is 5.91 Å². The Bertz CT molecular complexity index is 560. The van der Waals surface area contributed by atoms with E-state index in [0.29, 0.717) is 6.54 Å². The van der Waals surface area contributed by atoms with Crippen LogP contribution >= 0.6 is 11.3 Å². The van der Waals surface area contributed by atoms with Crippen LogP contribution in [0.2, 0.25) is 0 Å². The van der Waals surface area contributed by atoms with Crippen molar-refractivity contribution in [2.24, 2.45) is 11.7 Å². The molecule has 3 rings (SSSR count). The van der Waals surface area contributed by atoms with E-state index >= 15 is 0 Å². The molecule has 0 spiro atoms. The molecule has 0 atom stereocenters. The van der Waals surface area contributed by atoms with Gasteiger partial charge in [0.1, 0.15) is 4.88 Å². The van der Waals surface area contributed by atoms with Crippen molar-refractivity contribution >= 4 is 17.2 Å². The van der Waals surface area contributed by atoms with E-state index in [0.717, 1.165) is 42.5 Å². The first-order valence-corrected chi connectivity index (χ1v) is 8.44. The van der Waals surface area contributed by atoms with Crippen molar-refractivity contribution in [2.45, 2.75) is 12.8 Å². The van der Waals surface area contributed by atoms with Gasteiger partial charge in [-0.05, 0) is 30.2 Å². The molecule has 1 aromatic rings. The Morgan fingerprint density at radius 3 is 2.76 bits per heavy atom. The highest BCUT2D eigenvalue weighted by Crippen LogP contribution is 2.30. The highest BCUT2D eigenvalue weighted by molar-refractivity contribution is 7.12. The van der Waals surface area contributed by atoms with Gasteiger partial charge in [-0.25, -0.2) is 0 Å². The maximum atomic E-state index is 12.6. The molecule has 0 bridgehead atoms. The van der Waals surface area contributed by atoms with Gasteiger partial charge >= 0.3 is 0 Å². The van der Waals surface area contributed by atoms with Gasteiger partial charge in [0.2, 0.25) is 0 Å². The second-order valence-corrected chi connectivity index (χ2v) is 6.62. The van der Waals surface area contributed by atoms with Crippen LogP contribution in [0.1, 0.15) is 28.1 Å². The van der Waals surface area contributed by atoms with E-state index < -0.39 is 0 Å². The average molecular weight is 303 g/mol. The van der Waals surface area contributed by atoms with Crippen molar-refractivity contribution in [2.75, 3.05) is 39.3 Å². The predicted molar refractivity (Wildman–Crippen MR) is 85.3 cm³/mol. The maximum Gasteiger partial charge on any atom is 0.265 e. The van der Waals surface area contributed by atoms with Gasteiger partial charge in [-0.1, -0.05) is 11.8 Å². The van der Waals surface area contributed by atoms with E-state index in [1.165, 1.54) is 30.7 Å². The number of hydrogen-bond donors (Lipinski definition) is 1. The molecule has 4 nitrogen and oxygen atoms in total. The molecular weight excluding hydrogens is 282 g/mol. The fourth-order valence-electron chi connectivity index (χ4n) is 2.66. The Morgan fingerprint density at radius 2 is 2.10 bits per heavy atom. The number of nitrogens with zero attached hydrogens (tertiary/aromatic N) is 2. The lowest BCUT2D eigenvalue weighted by atomic mass is 10.2. The van der Waals surface area contributed by atoms with Crippen LogP contribution in [-0.4, -0.2) is 55.0 Å². The third-order valence-electron chi connectivity index (χ3n) is 4.06. The Hall–Kier alpha value is -1.35. The van der Waals surface area contributed by atoms with Crippen molar-refractivity contribution in [1.29, 1.82) is 0 Å². The topological polar surface area (TPSA) is 49.6 Å². The van der Waals surface area contributed by atoms with Gasteiger partial charge in [0.05, 0.1) is 6.54 Å². The third kappa shape index (κ3) is 3.65. The van der Waals surface area contributed by atoms with E-state index in [1.807, 2.05) is 16.3 Å². The van der Waals surface area contributed by atoms with Crippen molar-refractivity contribution in [3.05, 3.63) is 21.9 Å². The molecule has 0 unspecified atom stereocenters. The van der Waals surface area contributed by atoms with E-state index in [1.54, 1.807) is 0 Å². The van der Waals surface area contributed by atoms with Gasteiger partial charge in [0.15, 0.2) is 0 Å². The van der Waals surface area contributed by atoms with Crippen LogP contribution in [0.15, 0.2) is 11.4 Å². The molecule has 2 heterocycles. The summed E-state index contributed by atoms with van der Waals surface area (Å²) < 4.78 is 0. The number of nitrogens with two attached hydrogens (primary N) is 1. The number of amides is 1. The van der Waals surface area contributed by atoms with E-state index in [9.17, 15) is 4.79 Å². The molecular formula is C16H21N3OS. The van der Waals surface area contributed by atoms with Crippen LogP contribution in [0.4, 0.5) is 0 Å². The van der Waals surface area contributed by atoms with Crippen molar-refractivity contribution in [3.8, 4) is 11.8 Å². The van der Waals surface area contributed by atoms with Crippen molar-refractivity contribution in [3.63, 3.8) is 0 Å². The Labute approximate surface area is 129 Å². The number of carbonyl (C=O) groups is 1. The minimum absolute atomic E-state index is 0.123. The highest BCUT2D eigenvalue weighted by atomic mass is 32.1. The monoisotopic (exact) mass is 303 g/mol. The highest BCUT2D eigenvalue weighted by Gasteiger charge is 2.28. The number of thiophene rings is 1. The Kier molecular flexibility index (Phi) is 4.59. The molecule has 1 amide bonds. The first kappa shape index (κ1) is 14.6. The summed E-state index contributed by atoms with van der Waals surface area (Å²) in [4.78, 5) is 17.8. The second-order valence-electron chi connectivity index (χ2n) is 5.71. The van der Waals surface area contributed by atoms with E-state index in [-0.39, 0.29) is 5.91 Å². The molecule has 1 aliphatic heterocycles. The van der Waals surface area contributed by atoms with Gasteiger partial charge < -0.3 is 10.6 Å². The number of rotatable bonds is 3. The average Bonchev–Trinajstić information content (AvgIpc) is 3.20. The summed E-state index contributed by atoms with van der Waals surface area (Å²) in [5.41, 5.74) is 6.22. The summed E-state index contributed by atoms with van der Waals surface area (Å²) in [5.74, 6) is 6.87. The van der Waals surface area contributed by atoms with E-state index in [2.05, 4.69) is 16.7 Å². The Morgan fingerprint density at radius 1 is 1.33 bits per heavy atom. The number of hydrogen-bond acceptors (Lipinski definition) is 4. The van der Waals surface area contributed by atoms with E-state index in [4.69, 9.17) is 5.73 Å². The molecule has 1 saturated heterocycles. The number of carbonyl (C=O) groups excluding carboxylic acids is 1. The summed E-state index contributed by atoms with van der Waals surface area (Å²) in [6.45, 7) is 5.19. The fourth-order valence-corrected chi connectivity index (χ4v) is 3.48. The first-order valence-electron chi connectivity index (χ1n) is 7.56. The molecule has 2 N–H and O–H groups in total. The molecule has 1 saturated carbocycles. The third-order valence-corrected chi connectivity index (χ3v) is 4.96. The minimum Gasteiger partial charge on any atom is -0.335 e. The summed E-state index contributed by atoms with van der Waals surface area (Å²) in [5, 5.41) is 1.93. The lowest BCUT2D eigenvalue weighted by molar-refractivity contribution is 0.0636. The van der Waals surface area contributed by atoms with Gasteiger partial charge in [-0.3, -0.25) is 9.69 Å². The number of piperazine rings is 1. The first-order chi connectivity index (χ1) is 10.3. The second kappa shape index (κ2) is 6.61. The van der Waals surface area contributed by atoms with Crippen LogP contribution in [0.3, 0.4) is 0 Å². The van der Waals surface area contributed by atoms with Gasteiger partial charge in [-0.15, -0.1) is 11.3 Å². The quantitative estimate of drug-likeness (QED) is 0.855.